The first kappa shape index (κ1) is 12.9. The molecule has 18 heavy (non-hydrogen) atoms. The van der Waals surface area contributed by atoms with Crippen molar-refractivity contribution >= 4 is 0 Å². The number of likely N-dealkylation sites (tertiary alicyclic amines) is 1. The van der Waals surface area contributed by atoms with Crippen LogP contribution in [0.1, 0.15) is 58.3 Å². The molecule has 0 aromatic rings. The smallest absolute Gasteiger partial charge is 0.0124 e. The molecule has 0 spiro atoms. The molecule has 3 unspecified atom stereocenters. The molecule has 3 atom stereocenters. The lowest BCUT2D eigenvalue weighted by atomic mass is 9.77. The first-order chi connectivity index (χ1) is 8.83. The summed E-state index contributed by atoms with van der Waals surface area (Å²) in [6.07, 6.45) is 11.6. The molecule has 3 aliphatic rings. The summed E-state index contributed by atoms with van der Waals surface area (Å²) >= 11 is 0. The van der Waals surface area contributed by atoms with Crippen molar-refractivity contribution in [3.05, 3.63) is 0 Å². The lowest BCUT2D eigenvalue weighted by Gasteiger charge is -2.42. The number of nitrogens with one attached hydrogen (secondary N) is 1. The van der Waals surface area contributed by atoms with E-state index < -0.39 is 0 Å². The van der Waals surface area contributed by atoms with E-state index in [-0.39, 0.29) is 0 Å². The molecule has 3 fully saturated rings. The third-order valence-electron chi connectivity index (χ3n) is 5.97. The van der Waals surface area contributed by atoms with Crippen molar-refractivity contribution in [1.82, 2.24) is 10.2 Å². The molecule has 2 saturated heterocycles. The Balaban J connectivity index is 1.64. The minimum absolute atomic E-state index is 0.588. The van der Waals surface area contributed by atoms with E-state index in [0.29, 0.717) is 5.41 Å². The minimum Gasteiger partial charge on any atom is -0.316 e. The molecule has 0 aromatic heterocycles. The van der Waals surface area contributed by atoms with Crippen LogP contribution in [0.5, 0.6) is 0 Å². The highest BCUT2D eigenvalue weighted by atomic mass is 15.2. The van der Waals surface area contributed by atoms with Gasteiger partial charge in [-0.1, -0.05) is 19.8 Å². The van der Waals surface area contributed by atoms with Gasteiger partial charge in [0, 0.05) is 19.1 Å². The van der Waals surface area contributed by atoms with Gasteiger partial charge in [0.05, 0.1) is 0 Å². The quantitative estimate of drug-likeness (QED) is 0.828. The third-order valence-corrected chi connectivity index (χ3v) is 5.97. The molecular formula is C16H30N2. The van der Waals surface area contributed by atoms with Crippen molar-refractivity contribution in [3.8, 4) is 0 Å². The molecule has 2 nitrogen and oxygen atoms in total. The molecule has 0 aromatic carbocycles. The lowest BCUT2D eigenvalue weighted by molar-refractivity contribution is 0.0847. The maximum absolute atomic E-state index is 3.65. The minimum atomic E-state index is 0.588. The first-order valence-corrected chi connectivity index (χ1v) is 8.28. The fourth-order valence-corrected chi connectivity index (χ4v) is 4.71. The monoisotopic (exact) mass is 250 g/mol. The van der Waals surface area contributed by atoms with E-state index in [1.165, 1.54) is 77.5 Å². The Morgan fingerprint density at radius 3 is 2.83 bits per heavy atom. The van der Waals surface area contributed by atoms with Crippen molar-refractivity contribution < 1.29 is 0 Å². The van der Waals surface area contributed by atoms with Gasteiger partial charge in [-0.25, -0.2) is 0 Å². The Labute approximate surface area is 113 Å². The van der Waals surface area contributed by atoms with E-state index in [1.54, 1.807) is 0 Å². The van der Waals surface area contributed by atoms with Crippen molar-refractivity contribution in [1.29, 1.82) is 0 Å². The van der Waals surface area contributed by atoms with Gasteiger partial charge in [0.2, 0.25) is 0 Å². The van der Waals surface area contributed by atoms with Gasteiger partial charge in [-0.15, -0.1) is 0 Å². The molecule has 0 amide bonds. The van der Waals surface area contributed by atoms with Gasteiger partial charge in [-0.05, 0) is 62.9 Å². The van der Waals surface area contributed by atoms with Gasteiger partial charge < -0.3 is 5.32 Å². The maximum Gasteiger partial charge on any atom is 0.0124 e. The van der Waals surface area contributed by atoms with Crippen molar-refractivity contribution in [2.24, 2.45) is 11.3 Å². The highest BCUT2D eigenvalue weighted by Gasteiger charge is 2.40. The fourth-order valence-electron chi connectivity index (χ4n) is 4.71. The van der Waals surface area contributed by atoms with Crippen molar-refractivity contribution in [3.63, 3.8) is 0 Å². The van der Waals surface area contributed by atoms with Gasteiger partial charge in [-0.3, -0.25) is 4.90 Å². The Hall–Kier alpha value is -0.0800. The van der Waals surface area contributed by atoms with Crippen LogP contribution < -0.4 is 5.32 Å². The molecule has 0 bridgehead atoms. The van der Waals surface area contributed by atoms with Gasteiger partial charge in [-0.2, -0.15) is 0 Å². The van der Waals surface area contributed by atoms with E-state index in [1.807, 2.05) is 0 Å². The fraction of sp³-hybridized carbons (Fsp3) is 1.00. The average Bonchev–Trinajstić information content (AvgIpc) is 2.83. The Morgan fingerprint density at radius 2 is 2.06 bits per heavy atom. The molecule has 1 N–H and O–H groups in total. The summed E-state index contributed by atoms with van der Waals surface area (Å²) in [5.41, 5.74) is 0.588. The summed E-state index contributed by atoms with van der Waals surface area (Å²) in [5, 5.41) is 3.65. The summed E-state index contributed by atoms with van der Waals surface area (Å²) in [4.78, 5) is 2.88. The van der Waals surface area contributed by atoms with Crippen molar-refractivity contribution in [2.75, 3.05) is 26.2 Å². The average molecular weight is 250 g/mol. The number of hydrogen-bond acceptors (Lipinski definition) is 2. The Kier molecular flexibility index (Phi) is 3.95. The van der Waals surface area contributed by atoms with Crippen LogP contribution in [-0.4, -0.2) is 37.1 Å². The largest absolute Gasteiger partial charge is 0.316 e. The van der Waals surface area contributed by atoms with E-state index in [4.69, 9.17) is 0 Å². The van der Waals surface area contributed by atoms with Crippen LogP contribution in [0.4, 0.5) is 0 Å². The van der Waals surface area contributed by atoms with Crippen LogP contribution in [0.25, 0.3) is 0 Å². The molecule has 2 aliphatic heterocycles. The van der Waals surface area contributed by atoms with Gasteiger partial charge in [0.15, 0.2) is 0 Å². The zero-order valence-electron chi connectivity index (χ0n) is 12.1. The number of piperidine rings is 1. The summed E-state index contributed by atoms with van der Waals surface area (Å²) in [5.74, 6) is 1.05. The van der Waals surface area contributed by atoms with Crippen LogP contribution >= 0.6 is 0 Å². The Bertz CT molecular complexity index is 270. The molecule has 1 saturated carbocycles. The zero-order chi connectivity index (χ0) is 12.4. The molecule has 2 heteroatoms. The molecule has 1 aliphatic carbocycles. The molecule has 104 valence electrons. The van der Waals surface area contributed by atoms with Gasteiger partial charge in [0.25, 0.3) is 0 Å². The molecule has 3 rings (SSSR count). The second kappa shape index (κ2) is 5.50. The zero-order valence-corrected chi connectivity index (χ0v) is 12.1. The lowest BCUT2D eigenvalue weighted by Crippen LogP contribution is -2.49. The van der Waals surface area contributed by atoms with E-state index in [2.05, 4.69) is 17.1 Å². The Morgan fingerprint density at radius 1 is 1.17 bits per heavy atom. The predicted molar refractivity (Wildman–Crippen MR) is 76.8 cm³/mol. The summed E-state index contributed by atoms with van der Waals surface area (Å²) in [6.45, 7) is 7.67. The summed E-state index contributed by atoms with van der Waals surface area (Å²) in [6, 6.07) is 0.948. The predicted octanol–water partition coefficient (Wildman–Crippen LogP) is 3.03. The summed E-state index contributed by atoms with van der Waals surface area (Å²) in [7, 11) is 0. The van der Waals surface area contributed by atoms with Gasteiger partial charge >= 0.3 is 0 Å². The van der Waals surface area contributed by atoms with Crippen LogP contribution in [0.3, 0.4) is 0 Å². The highest BCUT2D eigenvalue weighted by molar-refractivity contribution is 4.95. The van der Waals surface area contributed by atoms with Crippen LogP contribution in [0.15, 0.2) is 0 Å². The standard InChI is InChI=1S/C16H30N2/c1-2-16(9-5-10-17-12-16)13-18-11-8-14-6-3-4-7-15(14)18/h14-15,17H,2-13H2,1H3. The van der Waals surface area contributed by atoms with Crippen LogP contribution in [0.2, 0.25) is 0 Å². The second-order valence-electron chi connectivity index (χ2n) is 7.00. The van der Waals surface area contributed by atoms with Crippen LogP contribution in [0, 0.1) is 11.3 Å². The number of fused-ring (bicyclic) bond motifs is 1. The van der Waals surface area contributed by atoms with E-state index in [9.17, 15) is 0 Å². The molecule has 2 heterocycles. The first-order valence-electron chi connectivity index (χ1n) is 8.28. The summed E-state index contributed by atoms with van der Waals surface area (Å²) < 4.78 is 0. The van der Waals surface area contributed by atoms with E-state index >= 15 is 0 Å². The van der Waals surface area contributed by atoms with Crippen LogP contribution in [-0.2, 0) is 0 Å². The topological polar surface area (TPSA) is 15.3 Å². The van der Waals surface area contributed by atoms with Crippen molar-refractivity contribution in [2.45, 2.75) is 64.3 Å². The maximum atomic E-state index is 3.65. The normalized spacial score (nSPS) is 41.8. The molecule has 0 radical (unpaired) electrons. The molecular weight excluding hydrogens is 220 g/mol. The number of nitrogens with zero attached hydrogens (tertiary/aromatic N) is 1. The van der Waals surface area contributed by atoms with E-state index in [0.717, 1.165) is 12.0 Å². The van der Waals surface area contributed by atoms with Gasteiger partial charge in [0.1, 0.15) is 0 Å². The SMILES string of the molecule is CCC1(CN2CCC3CCCCC32)CCCNC1. The number of rotatable bonds is 3. The third kappa shape index (κ3) is 2.46. The second-order valence-corrected chi connectivity index (χ2v) is 7.00. The highest BCUT2D eigenvalue weighted by Crippen LogP contribution is 2.40. The number of hydrogen-bond donors (Lipinski definition) is 1.